The first-order valence-corrected chi connectivity index (χ1v) is 6.12. The van der Waals surface area contributed by atoms with Gasteiger partial charge in [0.2, 0.25) is 0 Å². The number of fused-ring (bicyclic) bond motifs is 1. The minimum Gasteiger partial charge on any atom is -0.385 e. The van der Waals surface area contributed by atoms with E-state index in [1.165, 1.54) is 0 Å². The minimum atomic E-state index is 0.00403. The predicted octanol–water partition coefficient (Wildman–Crippen LogP) is 1.54. The van der Waals surface area contributed by atoms with E-state index < -0.39 is 0 Å². The van der Waals surface area contributed by atoms with Crippen LogP contribution in [0.5, 0.6) is 0 Å². The van der Waals surface area contributed by atoms with Crippen LogP contribution >= 0.6 is 0 Å². The van der Waals surface area contributed by atoms with Gasteiger partial charge in [-0.2, -0.15) is 0 Å². The first-order chi connectivity index (χ1) is 8.59. The topological polar surface area (TPSA) is 51.3 Å². The van der Waals surface area contributed by atoms with Crippen LogP contribution in [0.1, 0.15) is 6.42 Å². The van der Waals surface area contributed by atoms with Gasteiger partial charge >= 0.3 is 0 Å². The molecule has 0 fully saturated rings. The Hall–Kier alpha value is -1.81. The Kier molecular flexibility index (Phi) is 3.67. The molecule has 2 aromatic rings. The molecule has 0 aliphatic heterocycles. The first-order valence-electron chi connectivity index (χ1n) is 6.12. The van der Waals surface area contributed by atoms with Gasteiger partial charge in [0.1, 0.15) is 5.82 Å². The zero-order chi connectivity index (χ0) is 13.1. The lowest BCUT2D eigenvalue weighted by molar-refractivity contribution is 0.386. The smallest absolute Gasteiger partial charge is 0.259 e. The number of hydrogen-bond acceptors (Lipinski definition) is 3. The average molecular weight is 245 g/mol. The molecule has 0 aliphatic carbocycles. The van der Waals surface area contributed by atoms with Crippen LogP contribution in [0, 0.1) is 0 Å². The van der Waals surface area contributed by atoms with Gasteiger partial charge in [0.05, 0.1) is 0 Å². The molecule has 0 amide bonds. The van der Waals surface area contributed by atoms with E-state index in [-0.39, 0.29) is 5.56 Å². The Bertz CT molecular complexity index is 602. The summed E-state index contributed by atoms with van der Waals surface area (Å²) in [4.78, 5) is 14.4. The van der Waals surface area contributed by atoms with Crippen molar-refractivity contribution in [3.05, 3.63) is 40.7 Å². The lowest BCUT2D eigenvalue weighted by Crippen LogP contribution is -2.25. The highest BCUT2D eigenvalue weighted by Crippen LogP contribution is 2.13. The average Bonchev–Trinajstić information content (AvgIpc) is 2.33. The molecule has 0 unspecified atom stereocenters. The molecule has 1 heterocycles. The largest absolute Gasteiger partial charge is 0.385 e. The van der Waals surface area contributed by atoms with E-state index >= 15 is 0 Å². The van der Waals surface area contributed by atoms with Crippen LogP contribution in [0.3, 0.4) is 0 Å². The van der Waals surface area contributed by atoms with E-state index in [0.29, 0.717) is 12.4 Å². The molecule has 2 N–H and O–H groups in total. The Balaban J connectivity index is 2.35. The molecule has 18 heavy (non-hydrogen) atoms. The van der Waals surface area contributed by atoms with Gasteiger partial charge in [-0.3, -0.25) is 9.36 Å². The van der Waals surface area contributed by atoms with E-state index in [0.717, 1.165) is 23.7 Å². The zero-order valence-corrected chi connectivity index (χ0v) is 10.9. The number of benzene rings is 1. The number of anilines is 1. The van der Waals surface area contributed by atoms with Crippen molar-refractivity contribution in [2.24, 2.45) is 0 Å². The van der Waals surface area contributed by atoms with E-state index in [9.17, 15) is 4.79 Å². The van der Waals surface area contributed by atoms with Crippen molar-refractivity contribution in [2.75, 3.05) is 26.4 Å². The Morgan fingerprint density at radius 1 is 1.28 bits per heavy atom. The van der Waals surface area contributed by atoms with Crippen molar-refractivity contribution in [1.82, 2.24) is 9.47 Å². The molecule has 4 heteroatoms. The SMILES string of the molecule is CN(C)CCCn1c(N)cc2ccccc2c1=O. The van der Waals surface area contributed by atoms with Crippen LogP contribution in [-0.2, 0) is 6.54 Å². The third-order valence-corrected chi connectivity index (χ3v) is 3.04. The molecule has 1 aromatic heterocycles. The summed E-state index contributed by atoms with van der Waals surface area (Å²) in [5.74, 6) is 0.539. The molecule has 0 bridgehead atoms. The molecule has 4 nitrogen and oxygen atoms in total. The highest BCUT2D eigenvalue weighted by molar-refractivity contribution is 5.83. The molecule has 96 valence electrons. The van der Waals surface area contributed by atoms with Gasteiger partial charge in [0, 0.05) is 11.9 Å². The number of nitrogen functional groups attached to an aromatic ring is 1. The molecule has 0 spiro atoms. The fourth-order valence-electron chi connectivity index (χ4n) is 2.09. The number of aromatic nitrogens is 1. The molecule has 0 radical (unpaired) electrons. The van der Waals surface area contributed by atoms with Crippen molar-refractivity contribution in [2.45, 2.75) is 13.0 Å². The summed E-state index contributed by atoms with van der Waals surface area (Å²) in [5.41, 5.74) is 5.96. The monoisotopic (exact) mass is 245 g/mol. The molecule has 0 saturated carbocycles. The second-order valence-electron chi connectivity index (χ2n) is 4.77. The third kappa shape index (κ3) is 2.54. The molecule has 1 aromatic carbocycles. The van der Waals surface area contributed by atoms with Gasteiger partial charge in [-0.25, -0.2) is 0 Å². The third-order valence-electron chi connectivity index (χ3n) is 3.04. The summed E-state index contributed by atoms with van der Waals surface area (Å²) in [6.45, 7) is 1.60. The maximum atomic E-state index is 12.3. The Morgan fingerprint density at radius 3 is 2.72 bits per heavy atom. The van der Waals surface area contributed by atoms with Crippen LogP contribution in [-0.4, -0.2) is 30.1 Å². The minimum absolute atomic E-state index is 0.00403. The van der Waals surface area contributed by atoms with Gasteiger partial charge in [-0.05, 0) is 44.6 Å². The lowest BCUT2D eigenvalue weighted by Gasteiger charge is -2.13. The van der Waals surface area contributed by atoms with Crippen LogP contribution in [0.15, 0.2) is 35.1 Å². The van der Waals surface area contributed by atoms with Crippen molar-refractivity contribution in [1.29, 1.82) is 0 Å². The van der Waals surface area contributed by atoms with Crippen molar-refractivity contribution in [3.8, 4) is 0 Å². The van der Waals surface area contributed by atoms with Gasteiger partial charge in [0.15, 0.2) is 0 Å². The Labute approximate surface area is 107 Å². The molecule has 0 aliphatic rings. The molecule has 0 saturated heterocycles. The van der Waals surface area contributed by atoms with Crippen LogP contribution < -0.4 is 11.3 Å². The second-order valence-corrected chi connectivity index (χ2v) is 4.77. The summed E-state index contributed by atoms with van der Waals surface area (Å²) in [6.07, 6.45) is 0.912. The van der Waals surface area contributed by atoms with Crippen molar-refractivity contribution >= 4 is 16.6 Å². The van der Waals surface area contributed by atoms with Crippen molar-refractivity contribution < 1.29 is 0 Å². The van der Waals surface area contributed by atoms with Gasteiger partial charge < -0.3 is 10.6 Å². The summed E-state index contributed by atoms with van der Waals surface area (Å²) >= 11 is 0. The highest BCUT2D eigenvalue weighted by atomic mass is 16.1. The van der Waals surface area contributed by atoms with Crippen LogP contribution in [0.2, 0.25) is 0 Å². The summed E-state index contributed by atoms with van der Waals surface area (Å²) < 4.78 is 1.66. The number of nitrogens with zero attached hydrogens (tertiary/aromatic N) is 2. The van der Waals surface area contributed by atoms with E-state index in [1.807, 2.05) is 44.4 Å². The summed E-state index contributed by atoms with van der Waals surface area (Å²) in [5, 5.41) is 1.64. The predicted molar refractivity (Wildman–Crippen MR) is 75.8 cm³/mol. The summed E-state index contributed by atoms with van der Waals surface area (Å²) in [6, 6.07) is 9.42. The van der Waals surface area contributed by atoms with Gasteiger partial charge in [-0.1, -0.05) is 18.2 Å². The Morgan fingerprint density at radius 2 is 2.00 bits per heavy atom. The van der Waals surface area contributed by atoms with E-state index in [2.05, 4.69) is 4.90 Å². The van der Waals surface area contributed by atoms with E-state index in [4.69, 9.17) is 5.73 Å². The fraction of sp³-hybridized carbons (Fsp3) is 0.357. The van der Waals surface area contributed by atoms with Crippen molar-refractivity contribution in [3.63, 3.8) is 0 Å². The van der Waals surface area contributed by atoms with Gasteiger partial charge in [0.25, 0.3) is 5.56 Å². The zero-order valence-electron chi connectivity index (χ0n) is 10.9. The normalized spacial score (nSPS) is 11.3. The summed E-state index contributed by atoms with van der Waals surface area (Å²) in [7, 11) is 4.04. The first kappa shape index (κ1) is 12.6. The number of rotatable bonds is 4. The molecule has 2 rings (SSSR count). The quantitative estimate of drug-likeness (QED) is 0.889. The highest BCUT2D eigenvalue weighted by Gasteiger charge is 2.06. The molecule has 0 atom stereocenters. The number of hydrogen-bond donors (Lipinski definition) is 1. The van der Waals surface area contributed by atoms with Crippen LogP contribution in [0.4, 0.5) is 5.82 Å². The number of pyridine rings is 1. The van der Waals surface area contributed by atoms with Crippen LogP contribution in [0.25, 0.3) is 10.8 Å². The lowest BCUT2D eigenvalue weighted by atomic mass is 10.1. The standard InChI is InChI=1S/C14H19N3O/c1-16(2)8-5-9-17-13(15)10-11-6-3-4-7-12(11)14(17)18/h3-4,6-7,10H,5,8-9,15H2,1-2H3. The molecular formula is C14H19N3O. The van der Waals surface area contributed by atoms with Gasteiger partial charge in [-0.15, -0.1) is 0 Å². The fourth-order valence-corrected chi connectivity index (χ4v) is 2.09. The van der Waals surface area contributed by atoms with E-state index in [1.54, 1.807) is 4.57 Å². The molecular weight excluding hydrogens is 226 g/mol. The maximum absolute atomic E-state index is 12.3. The number of nitrogens with two attached hydrogens (primary N) is 1. The second kappa shape index (κ2) is 5.23. The maximum Gasteiger partial charge on any atom is 0.259 e.